The maximum Gasteiger partial charge on any atom is 0.340 e. The van der Waals surface area contributed by atoms with Crippen molar-refractivity contribution < 1.29 is 22.7 Å². The zero-order valence-electron chi connectivity index (χ0n) is 18.3. The third-order valence-corrected chi connectivity index (χ3v) is 6.48. The Bertz CT molecular complexity index is 1390. The molecule has 0 aliphatic rings. The summed E-state index contributed by atoms with van der Waals surface area (Å²) < 4.78 is 31.7. The number of para-hydroxylation sites is 1. The largest absolute Gasteiger partial charge is 0.449 e. The molecular formula is C22H22ClN3O6S. The van der Waals surface area contributed by atoms with Crippen molar-refractivity contribution in [3.05, 3.63) is 75.2 Å². The lowest BCUT2D eigenvalue weighted by molar-refractivity contribution is -0.123. The van der Waals surface area contributed by atoms with Gasteiger partial charge in [-0.15, -0.1) is 0 Å². The number of rotatable bonds is 6. The second kappa shape index (κ2) is 9.24. The summed E-state index contributed by atoms with van der Waals surface area (Å²) in [6.45, 7) is 3.00. The molecule has 0 radical (unpaired) electrons. The second-order valence-electron chi connectivity index (χ2n) is 7.39. The molecule has 0 spiro atoms. The number of hydrogen-bond donors (Lipinski definition) is 1. The van der Waals surface area contributed by atoms with Gasteiger partial charge in [0.1, 0.15) is 5.69 Å². The molecule has 1 aromatic heterocycles. The molecule has 9 nitrogen and oxygen atoms in total. The first-order valence-corrected chi connectivity index (χ1v) is 12.0. The van der Waals surface area contributed by atoms with E-state index in [9.17, 15) is 22.8 Å². The predicted molar refractivity (Wildman–Crippen MR) is 124 cm³/mol. The van der Waals surface area contributed by atoms with Crippen molar-refractivity contribution in [2.45, 2.75) is 24.8 Å². The summed E-state index contributed by atoms with van der Waals surface area (Å²) in [7, 11) is -1.90. The monoisotopic (exact) mass is 491 g/mol. The number of sulfone groups is 1. The number of ether oxygens (including phenoxy) is 1. The number of hydrogen-bond acceptors (Lipinski definition) is 6. The molecule has 3 aromatic rings. The molecule has 0 aliphatic carbocycles. The SMILES string of the molecule is Cc1c(NC(=O)C(C)OC(=O)c2cc(S(C)(=O)=O)ccc2Cl)c(=O)n(-c2ccccc2)n1C. The highest BCUT2D eigenvalue weighted by atomic mass is 35.5. The molecule has 0 bridgehead atoms. The van der Waals surface area contributed by atoms with Crippen molar-refractivity contribution in [3.8, 4) is 5.69 Å². The molecule has 0 fully saturated rings. The first-order valence-electron chi connectivity index (χ1n) is 9.77. The van der Waals surface area contributed by atoms with Crippen LogP contribution in [0.5, 0.6) is 0 Å². The van der Waals surface area contributed by atoms with Gasteiger partial charge < -0.3 is 10.1 Å². The van der Waals surface area contributed by atoms with Gasteiger partial charge in [0.05, 0.1) is 26.9 Å². The molecule has 3 rings (SSSR count). The van der Waals surface area contributed by atoms with Crippen LogP contribution in [0.4, 0.5) is 5.69 Å². The van der Waals surface area contributed by atoms with Gasteiger partial charge in [-0.05, 0) is 44.2 Å². The van der Waals surface area contributed by atoms with Gasteiger partial charge in [-0.2, -0.15) is 0 Å². The van der Waals surface area contributed by atoms with Crippen LogP contribution in [-0.2, 0) is 26.4 Å². The smallest absolute Gasteiger partial charge is 0.340 e. The number of amides is 1. The second-order valence-corrected chi connectivity index (χ2v) is 9.81. The molecule has 1 atom stereocenters. The molecule has 0 aliphatic heterocycles. The average molecular weight is 492 g/mol. The molecule has 1 amide bonds. The first kappa shape index (κ1) is 24.3. The number of esters is 1. The number of carbonyl (C=O) groups is 2. The summed E-state index contributed by atoms with van der Waals surface area (Å²) in [5, 5.41) is 2.49. The van der Waals surface area contributed by atoms with Crippen LogP contribution in [-0.4, -0.2) is 42.0 Å². The van der Waals surface area contributed by atoms with E-state index in [4.69, 9.17) is 16.3 Å². The molecule has 1 unspecified atom stereocenters. The summed E-state index contributed by atoms with van der Waals surface area (Å²) in [6, 6.07) is 12.5. The van der Waals surface area contributed by atoms with Crippen LogP contribution in [0.25, 0.3) is 5.69 Å². The molecular weight excluding hydrogens is 470 g/mol. The topological polar surface area (TPSA) is 116 Å². The van der Waals surface area contributed by atoms with Crippen LogP contribution in [0, 0.1) is 6.92 Å². The van der Waals surface area contributed by atoms with Gasteiger partial charge in [0.15, 0.2) is 15.9 Å². The summed E-state index contributed by atoms with van der Waals surface area (Å²) in [4.78, 5) is 38.0. The number of nitrogens with zero attached hydrogens (tertiary/aromatic N) is 2. The van der Waals surface area contributed by atoms with Gasteiger partial charge in [0.2, 0.25) is 0 Å². The minimum atomic E-state index is -3.58. The first-order chi connectivity index (χ1) is 15.4. The van der Waals surface area contributed by atoms with Crippen molar-refractivity contribution in [2.24, 2.45) is 7.05 Å². The number of anilines is 1. The molecule has 33 heavy (non-hydrogen) atoms. The summed E-state index contributed by atoms with van der Waals surface area (Å²) >= 11 is 6.01. The van der Waals surface area contributed by atoms with E-state index in [0.717, 1.165) is 12.3 Å². The molecule has 174 valence electrons. The maximum absolute atomic E-state index is 12.9. The number of aromatic nitrogens is 2. The Labute approximate surface area is 195 Å². The standard InChI is InChI=1S/C22H22ClN3O6S/c1-13-19(21(28)26(25(13)3)15-8-6-5-7-9-15)24-20(27)14(2)32-22(29)17-12-16(33(4,30)31)10-11-18(17)23/h5-12,14H,1-4H3,(H,24,27). The van der Waals surface area contributed by atoms with Crippen LogP contribution in [0.3, 0.4) is 0 Å². The van der Waals surface area contributed by atoms with Crippen LogP contribution in [0.15, 0.2) is 58.2 Å². The molecule has 0 saturated carbocycles. The zero-order valence-corrected chi connectivity index (χ0v) is 19.9. The quantitative estimate of drug-likeness (QED) is 0.530. The van der Waals surface area contributed by atoms with E-state index >= 15 is 0 Å². The van der Waals surface area contributed by atoms with Crippen molar-refractivity contribution in [3.63, 3.8) is 0 Å². The number of nitrogens with one attached hydrogen (secondary N) is 1. The fraction of sp³-hybridized carbons (Fsp3) is 0.227. The lowest BCUT2D eigenvalue weighted by Crippen LogP contribution is -2.32. The van der Waals surface area contributed by atoms with Crippen molar-refractivity contribution in [1.29, 1.82) is 0 Å². The maximum atomic E-state index is 12.9. The summed E-state index contributed by atoms with van der Waals surface area (Å²) in [5.74, 6) is -1.70. The van der Waals surface area contributed by atoms with E-state index in [2.05, 4.69) is 5.32 Å². The molecule has 1 N–H and O–H groups in total. The van der Waals surface area contributed by atoms with Crippen LogP contribution in [0.1, 0.15) is 23.0 Å². The Morgan fingerprint density at radius 3 is 2.36 bits per heavy atom. The van der Waals surface area contributed by atoms with Gasteiger partial charge in [0.25, 0.3) is 11.5 Å². The van der Waals surface area contributed by atoms with E-state index in [1.165, 1.54) is 23.7 Å². The highest BCUT2D eigenvalue weighted by Gasteiger charge is 2.25. The minimum Gasteiger partial charge on any atom is -0.449 e. The van der Waals surface area contributed by atoms with Crippen LogP contribution < -0.4 is 10.9 Å². The highest BCUT2D eigenvalue weighted by Crippen LogP contribution is 2.22. The Morgan fingerprint density at radius 1 is 1.12 bits per heavy atom. The third kappa shape index (κ3) is 5.01. The zero-order chi connectivity index (χ0) is 24.5. The Kier molecular flexibility index (Phi) is 6.80. The fourth-order valence-corrected chi connectivity index (χ4v) is 3.95. The summed E-state index contributed by atoms with van der Waals surface area (Å²) in [6.07, 6.45) is -0.300. The van der Waals surface area contributed by atoms with Crippen molar-refractivity contribution >= 4 is 39.0 Å². The molecule has 2 aromatic carbocycles. The Hall–Kier alpha value is -3.37. The van der Waals surface area contributed by atoms with E-state index in [1.54, 1.807) is 42.9 Å². The van der Waals surface area contributed by atoms with Gasteiger partial charge >= 0.3 is 5.97 Å². The van der Waals surface area contributed by atoms with Crippen LogP contribution in [0.2, 0.25) is 5.02 Å². The van der Waals surface area contributed by atoms with E-state index in [0.29, 0.717) is 11.4 Å². The number of halogens is 1. The lowest BCUT2D eigenvalue weighted by atomic mass is 10.2. The highest BCUT2D eigenvalue weighted by molar-refractivity contribution is 7.90. The normalized spacial score (nSPS) is 12.3. The van der Waals surface area contributed by atoms with Gasteiger partial charge in [0, 0.05) is 13.3 Å². The van der Waals surface area contributed by atoms with E-state index in [-0.39, 0.29) is 21.2 Å². The number of benzene rings is 2. The van der Waals surface area contributed by atoms with Gasteiger partial charge in [-0.1, -0.05) is 29.8 Å². The Morgan fingerprint density at radius 2 is 1.76 bits per heavy atom. The van der Waals surface area contributed by atoms with Gasteiger partial charge in [-0.3, -0.25) is 14.3 Å². The van der Waals surface area contributed by atoms with Gasteiger partial charge in [-0.25, -0.2) is 17.9 Å². The van der Waals surface area contributed by atoms with Crippen LogP contribution >= 0.6 is 11.6 Å². The lowest BCUT2D eigenvalue weighted by Gasteiger charge is -2.14. The molecule has 1 heterocycles. The average Bonchev–Trinajstić information content (AvgIpc) is 2.96. The molecule has 11 heteroatoms. The van der Waals surface area contributed by atoms with Crippen molar-refractivity contribution in [1.82, 2.24) is 9.36 Å². The minimum absolute atomic E-state index is 0.0235. The third-order valence-electron chi connectivity index (χ3n) is 5.04. The Balaban J connectivity index is 1.81. The fourth-order valence-electron chi connectivity index (χ4n) is 3.11. The predicted octanol–water partition coefficient (Wildman–Crippen LogP) is 2.73. The molecule has 0 saturated heterocycles. The van der Waals surface area contributed by atoms with E-state index < -0.39 is 33.4 Å². The number of carbonyl (C=O) groups excluding carboxylic acids is 2. The summed E-state index contributed by atoms with van der Waals surface area (Å²) in [5.41, 5.74) is 0.526. The van der Waals surface area contributed by atoms with E-state index in [1.807, 2.05) is 6.07 Å². The van der Waals surface area contributed by atoms with Crippen molar-refractivity contribution in [2.75, 3.05) is 11.6 Å².